The highest BCUT2D eigenvalue weighted by Crippen LogP contribution is 2.37. The number of aromatic nitrogens is 2. The van der Waals surface area contributed by atoms with Crippen molar-refractivity contribution in [1.29, 1.82) is 0 Å². The van der Waals surface area contributed by atoms with Gasteiger partial charge in [0.05, 0.1) is 19.6 Å². The lowest BCUT2D eigenvalue weighted by Crippen LogP contribution is -2.41. The Bertz CT molecular complexity index is 1020. The zero-order valence-electron chi connectivity index (χ0n) is 16.3. The van der Waals surface area contributed by atoms with E-state index in [4.69, 9.17) is 4.74 Å². The van der Waals surface area contributed by atoms with Gasteiger partial charge in [-0.2, -0.15) is 4.39 Å². The maximum atomic E-state index is 14.6. The van der Waals surface area contributed by atoms with Crippen LogP contribution in [0.2, 0.25) is 0 Å². The molecule has 0 bridgehead atoms. The molecular formula is C20H22BrFN4O3. The SMILES string of the molecule is C[C@H]1Cc2c(Br)cccc2N1C(=O)Cc1nc(N2CCOCC2)c(F)c(=O)n1C. The second-order valence-electron chi connectivity index (χ2n) is 7.36. The first-order valence-corrected chi connectivity index (χ1v) is 10.3. The van der Waals surface area contributed by atoms with Gasteiger partial charge in [0.25, 0.3) is 5.56 Å². The molecule has 2 aromatic rings. The van der Waals surface area contributed by atoms with Crippen LogP contribution in [0.4, 0.5) is 15.9 Å². The molecular weight excluding hydrogens is 443 g/mol. The summed E-state index contributed by atoms with van der Waals surface area (Å²) in [5.41, 5.74) is 1.17. The van der Waals surface area contributed by atoms with Gasteiger partial charge in [-0.1, -0.05) is 22.0 Å². The number of carbonyl (C=O) groups is 1. The molecule has 0 saturated carbocycles. The molecule has 7 nitrogen and oxygen atoms in total. The van der Waals surface area contributed by atoms with Crippen molar-refractivity contribution in [2.45, 2.75) is 25.8 Å². The smallest absolute Gasteiger partial charge is 0.291 e. The molecule has 3 heterocycles. The minimum absolute atomic E-state index is 0.00295. The lowest BCUT2D eigenvalue weighted by Gasteiger charge is -2.28. The van der Waals surface area contributed by atoms with Gasteiger partial charge in [-0.05, 0) is 31.0 Å². The number of amides is 1. The molecule has 9 heteroatoms. The summed E-state index contributed by atoms with van der Waals surface area (Å²) < 4.78 is 22.0. The van der Waals surface area contributed by atoms with Crippen LogP contribution >= 0.6 is 15.9 Å². The van der Waals surface area contributed by atoms with E-state index in [2.05, 4.69) is 20.9 Å². The number of ether oxygens (including phenoxy) is 1. The fourth-order valence-corrected chi connectivity index (χ4v) is 4.47. The summed E-state index contributed by atoms with van der Waals surface area (Å²) in [5.74, 6) is -0.818. The molecule has 154 valence electrons. The number of rotatable bonds is 3. The molecule has 1 atom stereocenters. The monoisotopic (exact) mass is 464 g/mol. The second-order valence-corrected chi connectivity index (χ2v) is 8.21. The molecule has 0 aliphatic carbocycles. The summed E-state index contributed by atoms with van der Waals surface area (Å²) in [5, 5.41) is 0. The molecule has 0 unspecified atom stereocenters. The maximum absolute atomic E-state index is 14.6. The van der Waals surface area contributed by atoms with Gasteiger partial charge >= 0.3 is 0 Å². The van der Waals surface area contributed by atoms with Gasteiger partial charge in [0, 0.05) is 36.3 Å². The van der Waals surface area contributed by atoms with Crippen LogP contribution in [0, 0.1) is 5.82 Å². The van der Waals surface area contributed by atoms with Crippen LogP contribution in [0.3, 0.4) is 0 Å². The summed E-state index contributed by atoms with van der Waals surface area (Å²) in [6, 6.07) is 5.76. The highest BCUT2D eigenvalue weighted by molar-refractivity contribution is 9.10. The van der Waals surface area contributed by atoms with Crippen LogP contribution in [-0.2, 0) is 29.4 Å². The van der Waals surface area contributed by atoms with Crippen LogP contribution in [0.15, 0.2) is 27.5 Å². The van der Waals surface area contributed by atoms with E-state index in [-0.39, 0.29) is 30.0 Å². The number of fused-ring (bicyclic) bond motifs is 1. The molecule has 0 N–H and O–H groups in total. The van der Waals surface area contributed by atoms with Crippen molar-refractivity contribution in [3.8, 4) is 0 Å². The van der Waals surface area contributed by atoms with Gasteiger partial charge in [-0.25, -0.2) is 4.98 Å². The third kappa shape index (κ3) is 3.57. The van der Waals surface area contributed by atoms with E-state index >= 15 is 0 Å². The van der Waals surface area contributed by atoms with Gasteiger partial charge in [0.1, 0.15) is 5.82 Å². The third-order valence-corrected chi connectivity index (χ3v) is 6.24. The zero-order chi connectivity index (χ0) is 20.7. The number of hydrogen-bond donors (Lipinski definition) is 0. The highest BCUT2D eigenvalue weighted by Gasteiger charge is 2.33. The van der Waals surface area contributed by atoms with Crippen molar-refractivity contribution < 1.29 is 13.9 Å². The summed E-state index contributed by atoms with van der Waals surface area (Å²) in [6.45, 7) is 3.79. The number of benzene rings is 1. The Labute approximate surface area is 176 Å². The summed E-state index contributed by atoms with van der Waals surface area (Å²) in [6.07, 6.45) is 0.664. The number of halogens is 2. The predicted molar refractivity (Wildman–Crippen MR) is 111 cm³/mol. The molecule has 0 radical (unpaired) electrons. The Kier molecular flexibility index (Phi) is 5.44. The summed E-state index contributed by atoms with van der Waals surface area (Å²) in [7, 11) is 1.45. The quantitative estimate of drug-likeness (QED) is 0.695. The minimum Gasteiger partial charge on any atom is -0.378 e. The third-order valence-electron chi connectivity index (χ3n) is 5.49. The lowest BCUT2D eigenvalue weighted by molar-refractivity contribution is -0.118. The molecule has 4 rings (SSSR count). The van der Waals surface area contributed by atoms with E-state index in [1.807, 2.05) is 25.1 Å². The normalized spacial score (nSPS) is 18.8. The lowest BCUT2D eigenvalue weighted by atomic mass is 10.1. The summed E-state index contributed by atoms with van der Waals surface area (Å²) >= 11 is 3.55. The van der Waals surface area contributed by atoms with Gasteiger partial charge in [-0.3, -0.25) is 14.2 Å². The first kappa shape index (κ1) is 20.0. The molecule has 1 aromatic heterocycles. The molecule has 0 spiro atoms. The van der Waals surface area contributed by atoms with Crippen molar-refractivity contribution in [1.82, 2.24) is 9.55 Å². The standard InChI is InChI=1S/C20H22BrFN4O3/c1-12-10-13-14(21)4-3-5-15(13)26(12)17(27)11-16-23-19(18(22)20(28)24(16)2)25-6-8-29-9-7-25/h3-5,12H,6-11H2,1-2H3/t12-/m0/s1. The first-order valence-electron chi connectivity index (χ1n) is 9.56. The largest absolute Gasteiger partial charge is 0.378 e. The van der Waals surface area contributed by atoms with Crippen molar-refractivity contribution >= 4 is 33.3 Å². The fourth-order valence-electron chi connectivity index (χ4n) is 3.95. The Hall–Kier alpha value is -2.26. The molecule has 1 fully saturated rings. The van der Waals surface area contributed by atoms with Crippen LogP contribution in [0.25, 0.3) is 0 Å². The number of morpholine rings is 1. The van der Waals surface area contributed by atoms with Crippen molar-refractivity contribution in [2.75, 3.05) is 36.1 Å². The van der Waals surface area contributed by atoms with Gasteiger partial charge in [0.2, 0.25) is 11.7 Å². The number of carbonyl (C=O) groups excluding carboxylic acids is 1. The maximum Gasteiger partial charge on any atom is 0.291 e. The first-order chi connectivity index (χ1) is 13.9. The van der Waals surface area contributed by atoms with Gasteiger partial charge < -0.3 is 14.5 Å². The highest BCUT2D eigenvalue weighted by atomic mass is 79.9. The van der Waals surface area contributed by atoms with Crippen molar-refractivity contribution in [3.63, 3.8) is 0 Å². The molecule has 1 aromatic carbocycles. The Balaban J connectivity index is 1.66. The topological polar surface area (TPSA) is 67.7 Å². The second kappa shape index (κ2) is 7.87. The fraction of sp³-hybridized carbons (Fsp3) is 0.450. The van der Waals surface area contributed by atoms with E-state index < -0.39 is 11.4 Å². The van der Waals surface area contributed by atoms with Crippen LogP contribution in [-0.4, -0.2) is 47.8 Å². The number of anilines is 2. The molecule has 1 saturated heterocycles. The number of hydrogen-bond acceptors (Lipinski definition) is 5. The van der Waals surface area contributed by atoms with E-state index in [1.54, 1.807) is 9.80 Å². The van der Waals surface area contributed by atoms with Crippen LogP contribution in [0.5, 0.6) is 0 Å². The Morgan fingerprint density at radius 2 is 2.07 bits per heavy atom. The Morgan fingerprint density at radius 1 is 1.34 bits per heavy atom. The molecule has 2 aliphatic heterocycles. The van der Waals surface area contributed by atoms with Crippen LogP contribution < -0.4 is 15.4 Å². The molecule has 2 aliphatic rings. The zero-order valence-corrected chi connectivity index (χ0v) is 17.9. The van der Waals surface area contributed by atoms with E-state index in [0.29, 0.717) is 26.3 Å². The summed E-state index contributed by atoms with van der Waals surface area (Å²) in [4.78, 5) is 33.4. The van der Waals surface area contributed by atoms with Gasteiger partial charge in [0.15, 0.2) is 5.82 Å². The predicted octanol–water partition coefficient (Wildman–Crippen LogP) is 2.04. The van der Waals surface area contributed by atoms with Crippen molar-refractivity contribution in [3.05, 3.63) is 50.2 Å². The van der Waals surface area contributed by atoms with E-state index in [9.17, 15) is 14.0 Å². The Morgan fingerprint density at radius 3 is 2.79 bits per heavy atom. The van der Waals surface area contributed by atoms with E-state index in [1.165, 1.54) is 7.05 Å². The molecule has 29 heavy (non-hydrogen) atoms. The average molecular weight is 465 g/mol. The van der Waals surface area contributed by atoms with Crippen LogP contribution in [0.1, 0.15) is 18.3 Å². The van der Waals surface area contributed by atoms with E-state index in [0.717, 1.165) is 26.7 Å². The minimum atomic E-state index is -0.894. The molecule has 1 amide bonds. The van der Waals surface area contributed by atoms with Gasteiger partial charge in [-0.15, -0.1) is 0 Å². The average Bonchev–Trinajstić information content (AvgIpc) is 3.06. The number of nitrogens with zero attached hydrogens (tertiary/aromatic N) is 4. The van der Waals surface area contributed by atoms with Crippen molar-refractivity contribution in [2.24, 2.45) is 7.05 Å².